The number of carbonyl (C=O) groups is 3. The van der Waals surface area contributed by atoms with Gasteiger partial charge in [-0.05, 0) is 24.2 Å². The number of allylic oxidation sites excluding steroid dienone is 3. The summed E-state index contributed by atoms with van der Waals surface area (Å²) in [5.41, 5.74) is 0.0896. The van der Waals surface area contributed by atoms with E-state index in [2.05, 4.69) is 57.2 Å². The topological polar surface area (TPSA) is 122 Å². The molecule has 1 unspecified atom stereocenters. The van der Waals surface area contributed by atoms with Crippen LogP contribution in [0.15, 0.2) is 55.7 Å². The number of ether oxygens (including phenoxy) is 1. The van der Waals surface area contributed by atoms with Gasteiger partial charge < -0.3 is 14.4 Å². The zero-order chi connectivity index (χ0) is 37.8. The molecule has 1 aliphatic rings. The van der Waals surface area contributed by atoms with Crippen LogP contribution in [-0.2, 0) is 20.7 Å². The van der Waals surface area contributed by atoms with Crippen LogP contribution in [0.2, 0.25) is 13.3 Å². The third-order valence-corrected chi connectivity index (χ3v) is 24.0. The number of carbonyl (C=O) groups excluding carboxylic acids is 3. The number of oxazole rings is 1. The maximum absolute atomic E-state index is 13.5. The van der Waals surface area contributed by atoms with Crippen LogP contribution in [0.3, 0.4) is 0 Å². The van der Waals surface area contributed by atoms with Gasteiger partial charge in [-0.1, -0.05) is 34.2 Å². The Bertz CT molecular complexity index is 1310. The molecule has 286 valence electrons. The Labute approximate surface area is 319 Å². The molecule has 51 heavy (non-hydrogen) atoms. The molecule has 0 aromatic carbocycles. The first-order valence-corrected chi connectivity index (χ1v) is 27.6. The van der Waals surface area contributed by atoms with Crippen molar-refractivity contribution in [1.82, 2.24) is 15.2 Å². The average molecular weight is 882 g/mol. The van der Waals surface area contributed by atoms with Crippen molar-refractivity contribution in [2.45, 2.75) is 138 Å². The number of halogens is 1. The predicted octanol–water partition coefficient (Wildman–Crippen LogP) is 8.86. The monoisotopic (exact) mass is 881 g/mol. The summed E-state index contributed by atoms with van der Waals surface area (Å²) in [6.07, 6.45) is 19.6. The molecule has 2 rings (SSSR count). The summed E-state index contributed by atoms with van der Waals surface area (Å²) in [5, 5.41) is 13.3. The van der Waals surface area contributed by atoms with E-state index in [0.717, 1.165) is 4.48 Å². The van der Waals surface area contributed by atoms with Crippen molar-refractivity contribution in [1.29, 1.82) is 0 Å². The molecule has 1 fully saturated rings. The SMILES string of the molecule is CCC[CH2][Sn](/[CH]=C/CNC(=O)/C=C/[C@@H](C)[C@H](OC(=O)[C@H]1CCCN1C(=O)c1coc(CC(O)/C=C/C=C(/C)Br)n1)C(C)C)([CH2]CCC)[CH2]CCC. The van der Waals surface area contributed by atoms with Gasteiger partial charge in [-0.25, -0.2) is 4.98 Å². The number of hydrogen-bond acceptors (Lipinski definition) is 7. The molecule has 0 saturated carbocycles. The van der Waals surface area contributed by atoms with Crippen LogP contribution in [0.5, 0.6) is 0 Å². The molecule has 0 bridgehead atoms. The van der Waals surface area contributed by atoms with Crippen LogP contribution in [0.4, 0.5) is 0 Å². The minimum absolute atomic E-state index is 0.00682. The van der Waals surface area contributed by atoms with Crippen molar-refractivity contribution in [2.75, 3.05) is 13.1 Å². The van der Waals surface area contributed by atoms with E-state index in [9.17, 15) is 19.5 Å². The van der Waals surface area contributed by atoms with Gasteiger partial charge in [-0.15, -0.1) is 0 Å². The quantitative estimate of drug-likeness (QED) is 0.0488. The Hall–Kier alpha value is -2.18. The molecule has 2 amide bonds. The first-order chi connectivity index (χ1) is 24.4. The van der Waals surface area contributed by atoms with Crippen molar-refractivity contribution in [3.63, 3.8) is 0 Å². The molecule has 11 heteroatoms. The number of hydrogen-bond donors (Lipinski definition) is 2. The number of rotatable bonds is 23. The van der Waals surface area contributed by atoms with E-state index >= 15 is 0 Å². The van der Waals surface area contributed by atoms with Gasteiger partial charge in [0.1, 0.15) is 6.26 Å². The van der Waals surface area contributed by atoms with Gasteiger partial charge in [0, 0.05) is 6.54 Å². The second-order valence-electron chi connectivity index (χ2n) is 14.4. The first kappa shape index (κ1) is 45.0. The number of nitrogens with zero attached hydrogens (tertiary/aromatic N) is 2. The summed E-state index contributed by atoms with van der Waals surface area (Å²) in [5.74, 6) is -1.02. The molecule has 4 atom stereocenters. The van der Waals surface area contributed by atoms with Gasteiger partial charge in [-0.3, -0.25) is 4.79 Å². The summed E-state index contributed by atoms with van der Waals surface area (Å²) in [6.45, 7) is 15.5. The van der Waals surface area contributed by atoms with Gasteiger partial charge in [0.25, 0.3) is 5.91 Å². The molecular weight excluding hydrogens is 817 g/mol. The van der Waals surface area contributed by atoms with Crippen LogP contribution in [0.1, 0.15) is 116 Å². The molecule has 0 aliphatic carbocycles. The zero-order valence-corrected chi connectivity index (χ0v) is 36.6. The second-order valence-corrected chi connectivity index (χ2v) is 28.6. The van der Waals surface area contributed by atoms with E-state index in [4.69, 9.17) is 9.15 Å². The molecule has 2 heterocycles. The number of likely N-dealkylation sites (tertiary alicyclic amines) is 1. The molecule has 0 spiro atoms. The van der Waals surface area contributed by atoms with Gasteiger partial charge >= 0.3 is 196 Å². The summed E-state index contributed by atoms with van der Waals surface area (Å²) < 4.78 is 19.2. The standard InChI is InChI=1S/C28H37BrN3O6.3C4H9.Sn/c1-6-14-30-24(34)13-12-19(4)26(18(2)3)38-28(36)23-11-8-15-32(23)27(35)22-17-37-25(31-22)16-21(33)10-7-9-20(5)29;3*1-3-4-2;/h1,6-7,9-10,12-13,17-19,21,23,26,33H,8,11,14-16H2,2-5H3,(H,30,34);3*1,3-4H2,2H3;/b6-1?,10-7+,13-12+,20-9-;;;;/t19-,21?,23-,26-;;;;/m1..../s1. The summed E-state index contributed by atoms with van der Waals surface area (Å²) >= 11 is 0.942. The van der Waals surface area contributed by atoms with E-state index in [0.29, 0.717) is 25.9 Å². The molecule has 1 aromatic heterocycles. The molecule has 2 N–H and O–H groups in total. The number of amides is 2. The van der Waals surface area contributed by atoms with Crippen LogP contribution in [0, 0.1) is 11.8 Å². The first-order valence-electron chi connectivity index (χ1n) is 19.1. The van der Waals surface area contributed by atoms with Crippen LogP contribution < -0.4 is 5.32 Å². The Kier molecular flexibility index (Phi) is 21.3. The maximum atomic E-state index is 13.5. The summed E-state index contributed by atoms with van der Waals surface area (Å²) in [7, 11) is 0. The Morgan fingerprint density at radius 2 is 1.75 bits per heavy atom. The molecule has 1 saturated heterocycles. The molecule has 1 aliphatic heterocycles. The fourth-order valence-corrected chi connectivity index (χ4v) is 21.2. The third-order valence-electron chi connectivity index (χ3n) is 9.53. The van der Waals surface area contributed by atoms with Crippen LogP contribution >= 0.6 is 15.9 Å². The zero-order valence-electron chi connectivity index (χ0n) is 32.2. The summed E-state index contributed by atoms with van der Waals surface area (Å²) in [6, 6.07) is -0.734. The predicted molar refractivity (Wildman–Crippen MR) is 212 cm³/mol. The summed E-state index contributed by atoms with van der Waals surface area (Å²) in [4.78, 5) is 45.5. The molecule has 0 radical (unpaired) electrons. The molecule has 9 nitrogen and oxygen atoms in total. The normalized spacial score (nSPS) is 17.6. The molecule has 1 aromatic rings. The second kappa shape index (κ2) is 24.2. The number of aromatic nitrogens is 1. The van der Waals surface area contributed by atoms with Crippen molar-refractivity contribution in [3.05, 3.63) is 62.9 Å². The van der Waals surface area contributed by atoms with Crippen LogP contribution in [0.25, 0.3) is 0 Å². The molecular formula is C40H64BrN3O6Sn. The Morgan fingerprint density at radius 1 is 1.10 bits per heavy atom. The van der Waals surface area contributed by atoms with Gasteiger partial charge in [0.15, 0.2) is 11.6 Å². The van der Waals surface area contributed by atoms with E-state index in [1.165, 1.54) is 63.0 Å². The van der Waals surface area contributed by atoms with Crippen molar-refractivity contribution < 1.29 is 28.6 Å². The fraction of sp³-hybridized carbons (Fsp3) is 0.650. The van der Waals surface area contributed by atoms with Crippen molar-refractivity contribution in [2.24, 2.45) is 11.8 Å². The number of esters is 1. The number of aliphatic hydroxyl groups is 1. The Balaban J connectivity index is 1.99. The van der Waals surface area contributed by atoms with Gasteiger partial charge in [0.05, 0.1) is 12.5 Å². The van der Waals surface area contributed by atoms with Gasteiger partial charge in [0.2, 0.25) is 0 Å². The minimum atomic E-state index is -2.39. The number of aliphatic hydroxyl groups excluding tert-OH is 1. The third kappa shape index (κ3) is 16.2. The Morgan fingerprint density at radius 3 is 2.33 bits per heavy atom. The number of nitrogens with one attached hydrogen (secondary N) is 1. The van der Waals surface area contributed by atoms with E-state index in [1.54, 1.807) is 30.4 Å². The van der Waals surface area contributed by atoms with E-state index in [-0.39, 0.29) is 35.7 Å². The van der Waals surface area contributed by atoms with Gasteiger partial charge in [-0.2, -0.15) is 0 Å². The average Bonchev–Trinajstić information content (AvgIpc) is 3.78. The fourth-order valence-electron chi connectivity index (χ4n) is 6.62. The van der Waals surface area contributed by atoms with Crippen LogP contribution in [-0.4, -0.2) is 82.5 Å². The number of unbranched alkanes of at least 4 members (excludes halogenated alkanes) is 3. The van der Waals surface area contributed by atoms with E-state index in [1.807, 2.05) is 27.7 Å². The van der Waals surface area contributed by atoms with E-state index < -0.39 is 48.5 Å². The van der Waals surface area contributed by atoms with Crippen molar-refractivity contribution >= 4 is 52.1 Å². The van der Waals surface area contributed by atoms with Crippen molar-refractivity contribution in [3.8, 4) is 0 Å².